The van der Waals surface area contributed by atoms with Gasteiger partial charge in [0.2, 0.25) is 5.16 Å². The second-order valence-corrected chi connectivity index (χ2v) is 8.04. The quantitative estimate of drug-likeness (QED) is 0.348. The number of tetrazole rings is 1. The number of carbonyl (C=O) groups is 1. The summed E-state index contributed by atoms with van der Waals surface area (Å²) < 4.78 is 16.7. The highest BCUT2D eigenvalue weighted by Crippen LogP contribution is 2.23. The third-order valence-corrected chi connectivity index (χ3v) is 5.91. The third-order valence-electron chi connectivity index (χ3n) is 5.00. The van der Waals surface area contributed by atoms with Crippen molar-refractivity contribution in [1.29, 1.82) is 0 Å². The van der Waals surface area contributed by atoms with Crippen LogP contribution in [0.25, 0.3) is 5.69 Å². The van der Waals surface area contributed by atoms with Gasteiger partial charge in [0.25, 0.3) is 0 Å². The van der Waals surface area contributed by atoms with Gasteiger partial charge in [0.15, 0.2) is 5.78 Å². The molecule has 4 aromatic rings. The minimum absolute atomic E-state index is 0.0243. The second-order valence-electron chi connectivity index (χ2n) is 7.10. The fraction of sp³-hybridized carbons (Fsp3) is 0.182. The van der Waals surface area contributed by atoms with Gasteiger partial charge in [0.1, 0.15) is 11.6 Å². The number of rotatable bonds is 7. The Morgan fingerprint density at radius 3 is 2.52 bits per heavy atom. The molecule has 0 bridgehead atoms. The number of benzene rings is 2. The number of phenolic OH excluding ortho intramolecular Hbond substituents is 1. The maximum absolute atomic E-state index is 13.2. The van der Waals surface area contributed by atoms with Gasteiger partial charge in [-0.3, -0.25) is 4.79 Å². The van der Waals surface area contributed by atoms with Crippen LogP contribution < -0.4 is 0 Å². The monoisotopic (exact) mass is 437 g/mol. The topological polar surface area (TPSA) is 85.8 Å². The van der Waals surface area contributed by atoms with E-state index in [4.69, 9.17) is 0 Å². The first kappa shape index (κ1) is 20.8. The first-order chi connectivity index (χ1) is 14.9. The number of thioether (sulfide) groups is 1. The van der Waals surface area contributed by atoms with Gasteiger partial charge in [-0.1, -0.05) is 23.9 Å². The second kappa shape index (κ2) is 8.73. The molecule has 0 saturated heterocycles. The predicted octanol–water partition coefficient (Wildman–Crippen LogP) is 3.95. The molecule has 0 spiro atoms. The first-order valence-corrected chi connectivity index (χ1v) is 10.6. The molecule has 0 saturated carbocycles. The third kappa shape index (κ3) is 4.51. The summed E-state index contributed by atoms with van der Waals surface area (Å²) in [4.78, 5) is 12.9. The lowest BCUT2D eigenvalue weighted by Gasteiger charge is -2.10. The average Bonchev–Trinajstić information content (AvgIpc) is 3.34. The lowest BCUT2D eigenvalue weighted by atomic mass is 10.2. The van der Waals surface area contributed by atoms with Gasteiger partial charge in [0, 0.05) is 23.5 Å². The summed E-state index contributed by atoms with van der Waals surface area (Å²) in [5.74, 6) is 0.0346. The molecule has 0 amide bonds. The summed E-state index contributed by atoms with van der Waals surface area (Å²) in [6, 6.07) is 14.7. The molecule has 0 aliphatic heterocycles. The van der Waals surface area contributed by atoms with Gasteiger partial charge < -0.3 is 9.67 Å². The summed E-state index contributed by atoms with van der Waals surface area (Å²) in [5.41, 5.74) is 4.13. The van der Waals surface area contributed by atoms with Crippen LogP contribution in [0.2, 0.25) is 0 Å². The van der Waals surface area contributed by atoms with Crippen molar-refractivity contribution in [2.45, 2.75) is 25.5 Å². The van der Waals surface area contributed by atoms with Crippen molar-refractivity contribution in [2.75, 3.05) is 5.75 Å². The molecule has 2 aromatic carbocycles. The Balaban J connectivity index is 1.48. The zero-order valence-corrected chi connectivity index (χ0v) is 17.8. The van der Waals surface area contributed by atoms with E-state index in [1.165, 1.54) is 28.6 Å². The number of hydrogen-bond donors (Lipinski definition) is 1. The molecule has 0 fully saturated rings. The molecule has 0 unspecified atom stereocenters. The summed E-state index contributed by atoms with van der Waals surface area (Å²) in [6.07, 6.45) is 0. The van der Waals surface area contributed by atoms with Crippen LogP contribution in [0, 0.1) is 19.7 Å². The van der Waals surface area contributed by atoms with E-state index < -0.39 is 0 Å². The fourth-order valence-corrected chi connectivity index (χ4v) is 4.11. The summed E-state index contributed by atoms with van der Waals surface area (Å²) in [7, 11) is 0. The van der Waals surface area contributed by atoms with Crippen molar-refractivity contribution in [3.05, 3.63) is 82.9 Å². The molecule has 9 heteroatoms. The number of phenols is 1. The highest BCUT2D eigenvalue weighted by atomic mass is 32.2. The van der Waals surface area contributed by atoms with E-state index in [-0.39, 0.29) is 23.1 Å². The number of aryl methyl sites for hydroxylation is 1. The number of nitrogens with zero attached hydrogens (tertiary/aromatic N) is 5. The van der Waals surface area contributed by atoms with Crippen molar-refractivity contribution in [3.8, 4) is 11.4 Å². The molecule has 0 atom stereocenters. The van der Waals surface area contributed by atoms with Crippen molar-refractivity contribution in [2.24, 2.45) is 0 Å². The number of Topliss-reactive ketones (excluding diaryl/α,β-unsaturated/α-hetero) is 1. The van der Waals surface area contributed by atoms with Crippen LogP contribution in [0.3, 0.4) is 0 Å². The Labute approximate surface area is 182 Å². The minimum atomic E-state index is -0.271. The van der Waals surface area contributed by atoms with Gasteiger partial charge >= 0.3 is 0 Å². The first-order valence-electron chi connectivity index (χ1n) is 9.57. The fourth-order valence-electron chi connectivity index (χ4n) is 3.33. The van der Waals surface area contributed by atoms with E-state index in [9.17, 15) is 14.3 Å². The van der Waals surface area contributed by atoms with Crippen LogP contribution in [0.15, 0.2) is 59.8 Å². The van der Waals surface area contributed by atoms with Gasteiger partial charge in [-0.25, -0.2) is 4.39 Å². The van der Waals surface area contributed by atoms with Crippen LogP contribution in [-0.4, -0.2) is 41.4 Å². The zero-order chi connectivity index (χ0) is 22.0. The molecule has 158 valence electrons. The van der Waals surface area contributed by atoms with Crippen molar-refractivity contribution < 1.29 is 14.3 Å². The Kier molecular flexibility index (Phi) is 5.85. The molecule has 0 radical (unpaired) electrons. The molecule has 31 heavy (non-hydrogen) atoms. The van der Waals surface area contributed by atoms with E-state index >= 15 is 0 Å². The Bertz CT molecular complexity index is 1220. The minimum Gasteiger partial charge on any atom is -0.508 e. The van der Waals surface area contributed by atoms with Crippen LogP contribution in [0.5, 0.6) is 5.75 Å². The number of aromatic nitrogens is 5. The van der Waals surface area contributed by atoms with Crippen LogP contribution in [0.4, 0.5) is 4.39 Å². The molecule has 2 heterocycles. The highest BCUT2D eigenvalue weighted by molar-refractivity contribution is 7.99. The van der Waals surface area contributed by atoms with Crippen LogP contribution >= 0.6 is 11.8 Å². The number of ketones is 1. The summed E-state index contributed by atoms with van der Waals surface area (Å²) >= 11 is 1.25. The Morgan fingerprint density at radius 2 is 1.81 bits per heavy atom. The molecular formula is C22H20FN5O2S. The SMILES string of the molecule is Cc1cc(C(=O)CSc2nnnn2-c2ccc(O)cc2)c(C)n1Cc1ccc(F)cc1. The molecule has 0 aliphatic rings. The Hall–Kier alpha value is -3.46. The van der Waals surface area contributed by atoms with Crippen molar-refractivity contribution in [3.63, 3.8) is 0 Å². The zero-order valence-electron chi connectivity index (χ0n) is 17.0. The van der Waals surface area contributed by atoms with Crippen LogP contribution in [0.1, 0.15) is 27.3 Å². The van der Waals surface area contributed by atoms with E-state index in [0.717, 1.165) is 17.0 Å². The average molecular weight is 438 g/mol. The largest absolute Gasteiger partial charge is 0.508 e. The molecule has 4 rings (SSSR count). The highest BCUT2D eigenvalue weighted by Gasteiger charge is 2.18. The molecule has 0 aliphatic carbocycles. The molecule has 2 aromatic heterocycles. The van der Waals surface area contributed by atoms with E-state index in [1.807, 2.05) is 24.5 Å². The van der Waals surface area contributed by atoms with Crippen molar-refractivity contribution >= 4 is 17.5 Å². The molecule has 7 nitrogen and oxygen atoms in total. The smallest absolute Gasteiger partial charge is 0.214 e. The van der Waals surface area contributed by atoms with Gasteiger partial charge in [-0.05, 0) is 72.3 Å². The van der Waals surface area contributed by atoms with Crippen molar-refractivity contribution in [1.82, 2.24) is 24.8 Å². The molecular weight excluding hydrogens is 417 g/mol. The Morgan fingerprint density at radius 1 is 1.10 bits per heavy atom. The number of carbonyl (C=O) groups excluding carboxylic acids is 1. The van der Waals surface area contributed by atoms with E-state index in [2.05, 4.69) is 15.5 Å². The predicted molar refractivity (Wildman–Crippen MR) is 115 cm³/mol. The lowest BCUT2D eigenvalue weighted by Crippen LogP contribution is -2.08. The maximum atomic E-state index is 13.2. The summed E-state index contributed by atoms with van der Waals surface area (Å²) in [6.45, 7) is 4.43. The van der Waals surface area contributed by atoms with Gasteiger partial charge in [-0.2, -0.15) is 4.68 Å². The van der Waals surface area contributed by atoms with Crippen LogP contribution in [-0.2, 0) is 6.54 Å². The van der Waals surface area contributed by atoms with E-state index in [0.29, 0.717) is 23.0 Å². The number of hydrogen-bond acceptors (Lipinski definition) is 6. The standard InChI is InChI=1S/C22H20FN5O2S/c1-14-11-20(15(2)27(14)12-16-3-5-17(23)6-4-16)21(30)13-31-22-24-25-26-28(22)18-7-9-19(29)10-8-18/h3-11,29H,12-13H2,1-2H3. The normalized spacial score (nSPS) is 11.1. The summed E-state index contributed by atoms with van der Waals surface area (Å²) in [5, 5.41) is 21.6. The lowest BCUT2D eigenvalue weighted by molar-refractivity contribution is 0.102. The number of aromatic hydroxyl groups is 1. The number of halogens is 1. The van der Waals surface area contributed by atoms with Gasteiger partial charge in [-0.15, -0.1) is 5.10 Å². The van der Waals surface area contributed by atoms with Gasteiger partial charge in [0.05, 0.1) is 11.4 Å². The molecule has 1 N–H and O–H groups in total. The maximum Gasteiger partial charge on any atom is 0.214 e. The van der Waals surface area contributed by atoms with E-state index in [1.54, 1.807) is 36.4 Å².